The molecule has 6 nitrogen and oxygen atoms in total. The van der Waals surface area contributed by atoms with Crippen LogP contribution in [-0.2, 0) is 6.61 Å². The number of benzene rings is 3. The average Bonchev–Trinajstić information content (AvgIpc) is 2.79. The van der Waals surface area contributed by atoms with Crippen LogP contribution in [0.5, 0.6) is 17.2 Å². The molecule has 4 aromatic rings. The highest BCUT2D eigenvalue weighted by Crippen LogP contribution is 2.35. The van der Waals surface area contributed by atoms with Crippen molar-refractivity contribution in [2.24, 2.45) is 0 Å². The molecule has 0 saturated heterocycles. The van der Waals surface area contributed by atoms with Gasteiger partial charge in [-0.2, -0.15) is 0 Å². The monoisotopic (exact) mass is 499 g/mol. The highest BCUT2D eigenvalue weighted by atomic mass is 79.9. The minimum absolute atomic E-state index is 0.409. The van der Waals surface area contributed by atoms with Gasteiger partial charge in [0.1, 0.15) is 24.5 Å². The Bertz CT molecular complexity index is 1240. The van der Waals surface area contributed by atoms with Crippen molar-refractivity contribution in [1.29, 1.82) is 0 Å². The molecule has 0 aliphatic rings. The molecule has 0 aliphatic heterocycles. The van der Waals surface area contributed by atoms with E-state index in [9.17, 15) is 0 Å². The zero-order chi connectivity index (χ0) is 21.8. The molecular formula is C23H19BrClN3O3. The fraction of sp³-hybridized carbons (Fsp3) is 0.130. The van der Waals surface area contributed by atoms with E-state index in [0.29, 0.717) is 34.7 Å². The zero-order valence-corrected chi connectivity index (χ0v) is 19.2. The van der Waals surface area contributed by atoms with Gasteiger partial charge in [-0.3, -0.25) is 0 Å². The second-order valence-electron chi connectivity index (χ2n) is 6.60. The lowest BCUT2D eigenvalue weighted by molar-refractivity contribution is 0.305. The summed E-state index contributed by atoms with van der Waals surface area (Å²) in [5.74, 6) is 2.43. The summed E-state index contributed by atoms with van der Waals surface area (Å²) in [6.07, 6.45) is 1.49. The van der Waals surface area contributed by atoms with Crippen LogP contribution in [0, 0.1) is 0 Å². The normalized spacial score (nSPS) is 10.7. The average molecular weight is 501 g/mol. The SMILES string of the molecule is COc1cc2ncnc(Nc3ccc(OCc4ccccc4Br)c(Cl)c3)c2cc1OC. The van der Waals surface area contributed by atoms with Crippen molar-refractivity contribution >= 4 is 49.9 Å². The number of rotatable bonds is 7. The molecule has 0 saturated carbocycles. The van der Waals surface area contributed by atoms with Gasteiger partial charge in [-0.25, -0.2) is 9.97 Å². The molecule has 1 N–H and O–H groups in total. The molecule has 1 heterocycles. The summed E-state index contributed by atoms with van der Waals surface area (Å²) in [4.78, 5) is 8.70. The lowest BCUT2D eigenvalue weighted by atomic mass is 10.2. The highest BCUT2D eigenvalue weighted by molar-refractivity contribution is 9.10. The Morgan fingerprint density at radius 1 is 0.935 bits per heavy atom. The van der Waals surface area contributed by atoms with Crippen LogP contribution in [0.2, 0.25) is 5.02 Å². The lowest BCUT2D eigenvalue weighted by Crippen LogP contribution is -1.99. The molecule has 0 unspecified atom stereocenters. The lowest BCUT2D eigenvalue weighted by Gasteiger charge is -2.13. The Labute approximate surface area is 193 Å². The maximum absolute atomic E-state index is 6.46. The fourth-order valence-corrected chi connectivity index (χ4v) is 3.72. The van der Waals surface area contributed by atoms with Gasteiger partial charge < -0.3 is 19.5 Å². The maximum Gasteiger partial charge on any atom is 0.162 e. The minimum atomic E-state index is 0.409. The fourth-order valence-electron chi connectivity index (χ4n) is 3.09. The number of nitrogens with zero attached hydrogens (tertiary/aromatic N) is 2. The van der Waals surface area contributed by atoms with Gasteiger partial charge in [0, 0.05) is 27.2 Å². The second kappa shape index (κ2) is 9.41. The number of ether oxygens (including phenoxy) is 3. The molecular weight excluding hydrogens is 482 g/mol. The van der Waals surface area contributed by atoms with Crippen LogP contribution in [0.1, 0.15) is 5.56 Å². The van der Waals surface area contributed by atoms with E-state index in [-0.39, 0.29) is 0 Å². The van der Waals surface area contributed by atoms with E-state index in [1.807, 2.05) is 48.5 Å². The Balaban J connectivity index is 1.56. The first kappa shape index (κ1) is 21.2. The van der Waals surface area contributed by atoms with Crippen LogP contribution in [-0.4, -0.2) is 24.2 Å². The van der Waals surface area contributed by atoms with Crippen LogP contribution in [0.3, 0.4) is 0 Å². The smallest absolute Gasteiger partial charge is 0.162 e. The van der Waals surface area contributed by atoms with Crippen molar-refractivity contribution in [1.82, 2.24) is 9.97 Å². The topological polar surface area (TPSA) is 65.5 Å². The molecule has 158 valence electrons. The van der Waals surface area contributed by atoms with E-state index in [2.05, 4.69) is 31.2 Å². The quantitative estimate of drug-likeness (QED) is 0.317. The summed E-state index contributed by atoms with van der Waals surface area (Å²) >= 11 is 9.99. The van der Waals surface area contributed by atoms with E-state index in [0.717, 1.165) is 26.6 Å². The first-order valence-electron chi connectivity index (χ1n) is 9.38. The third-order valence-electron chi connectivity index (χ3n) is 4.68. The molecule has 0 spiro atoms. The van der Waals surface area contributed by atoms with Gasteiger partial charge >= 0.3 is 0 Å². The number of aromatic nitrogens is 2. The first-order valence-corrected chi connectivity index (χ1v) is 10.6. The predicted octanol–water partition coefficient (Wildman–Crippen LogP) is 6.39. The van der Waals surface area contributed by atoms with E-state index in [1.165, 1.54) is 6.33 Å². The summed E-state index contributed by atoms with van der Waals surface area (Å²) < 4.78 is 17.6. The molecule has 0 radical (unpaired) electrons. The Kier molecular flexibility index (Phi) is 6.44. The summed E-state index contributed by atoms with van der Waals surface area (Å²) in [7, 11) is 3.18. The van der Waals surface area contributed by atoms with E-state index < -0.39 is 0 Å². The molecule has 1 aromatic heterocycles. The van der Waals surface area contributed by atoms with Crippen molar-refractivity contribution in [3.05, 3.63) is 76.0 Å². The maximum atomic E-state index is 6.46. The minimum Gasteiger partial charge on any atom is -0.493 e. The third kappa shape index (κ3) is 4.68. The molecule has 8 heteroatoms. The van der Waals surface area contributed by atoms with E-state index in [1.54, 1.807) is 20.3 Å². The van der Waals surface area contributed by atoms with Crippen LogP contribution < -0.4 is 19.5 Å². The standard InChI is InChI=1S/C23H19BrClN3O3/c1-29-21-10-16-19(11-22(21)30-2)26-13-27-23(16)28-15-7-8-20(18(25)9-15)31-12-14-5-3-4-6-17(14)24/h3-11,13H,12H2,1-2H3,(H,26,27,28). The van der Waals surface area contributed by atoms with Gasteiger partial charge in [0.25, 0.3) is 0 Å². The van der Waals surface area contributed by atoms with Crippen molar-refractivity contribution < 1.29 is 14.2 Å². The van der Waals surface area contributed by atoms with Crippen molar-refractivity contribution in [2.45, 2.75) is 6.61 Å². The number of methoxy groups -OCH3 is 2. The highest BCUT2D eigenvalue weighted by Gasteiger charge is 2.12. The molecule has 4 rings (SSSR count). The van der Waals surface area contributed by atoms with Gasteiger partial charge in [-0.15, -0.1) is 0 Å². The summed E-state index contributed by atoms with van der Waals surface area (Å²) in [5, 5.41) is 4.58. The zero-order valence-electron chi connectivity index (χ0n) is 16.9. The number of fused-ring (bicyclic) bond motifs is 1. The Morgan fingerprint density at radius 3 is 2.45 bits per heavy atom. The molecule has 3 aromatic carbocycles. The molecule has 31 heavy (non-hydrogen) atoms. The number of nitrogens with one attached hydrogen (secondary N) is 1. The summed E-state index contributed by atoms with van der Waals surface area (Å²) in [6, 6.07) is 17.1. The van der Waals surface area contributed by atoms with E-state index in [4.69, 9.17) is 25.8 Å². The molecule has 0 amide bonds. The summed E-state index contributed by atoms with van der Waals surface area (Å²) in [5.41, 5.74) is 2.54. The van der Waals surface area contributed by atoms with Crippen LogP contribution >= 0.6 is 27.5 Å². The molecule has 0 aliphatic carbocycles. The number of hydrogen-bond acceptors (Lipinski definition) is 6. The van der Waals surface area contributed by atoms with Crippen molar-refractivity contribution in [3.8, 4) is 17.2 Å². The van der Waals surface area contributed by atoms with Gasteiger partial charge in [-0.05, 0) is 30.3 Å². The number of hydrogen-bond donors (Lipinski definition) is 1. The van der Waals surface area contributed by atoms with E-state index >= 15 is 0 Å². The first-order chi connectivity index (χ1) is 15.1. The number of anilines is 2. The van der Waals surface area contributed by atoms with Gasteiger partial charge in [0.05, 0.1) is 24.8 Å². The molecule has 0 atom stereocenters. The van der Waals surface area contributed by atoms with Crippen molar-refractivity contribution in [3.63, 3.8) is 0 Å². The molecule has 0 fully saturated rings. The Hall–Kier alpha value is -3.03. The second-order valence-corrected chi connectivity index (χ2v) is 7.86. The van der Waals surface area contributed by atoms with Gasteiger partial charge in [0.2, 0.25) is 0 Å². The van der Waals surface area contributed by atoms with Crippen LogP contribution in [0.15, 0.2) is 65.4 Å². The Morgan fingerprint density at radius 2 is 1.71 bits per heavy atom. The van der Waals surface area contributed by atoms with Crippen molar-refractivity contribution in [2.75, 3.05) is 19.5 Å². The van der Waals surface area contributed by atoms with Crippen LogP contribution in [0.4, 0.5) is 11.5 Å². The van der Waals surface area contributed by atoms with Crippen LogP contribution in [0.25, 0.3) is 10.9 Å². The third-order valence-corrected chi connectivity index (χ3v) is 5.75. The largest absolute Gasteiger partial charge is 0.493 e. The van der Waals surface area contributed by atoms with Gasteiger partial charge in [0.15, 0.2) is 11.5 Å². The summed E-state index contributed by atoms with van der Waals surface area (Å²) in [6.45, 7) is 0.409. The number of halogens is 2. The molecule has 0 bridgehead atoms. The van der Waals surface area contributed by atoms with Gasteiger partial charge in [-0.1, -0.05) is 45.7 Å². The predicted molar refractivity (Wildman–Crippen MR) is 126 cm³/mol.